The number of carbonyl (C=O) groups excluding carboxylic acids is 2. The number of para-hydroxylation sites is 1. The maximum Gasteiger partial charge on any atom is 0.341 e. The third-order valence-electron chi connectivity index (χ3n) is 4.31. The Labute approximate surface area is 190 Å². The molecule has 8 heteroatoms. The molecule has 0 radical (unpaired) electrons. The zero-order valence-corrected chi connectivity index (χ0v) is 18.8. The molecule has 0 aliphatic heterocycles. The topological polar surface area (TPSA) is 76.7 Å². The fraction of sp³-hybridized carbons (Fsp3) is 0.174. The minimum atomic E-state index is -0.473. The van der Waals surface area contributed by atoms with Gasteiger partial charge in [0.15, 0.2) is 5.11 Å². The third-order valence-corrected chi connectivity index (χ3v) is 5.56. The van der Waals surface area contributed by atoms with Crippen molar-refractivity contribution in [3.05, 3.63) is 82.2 Å². The zero-order valence-electron chi connectivity index (χ0n) is 17.1. The van der Waals surface area contributed by atoms with Gasteiger partial charge in [0.05, 0.1) is 30.5 Å². The van der Waals surface area contributed by atoms with E-state index in [0.29, 0.717) is 28.2 Å². The summed E-state index contributed by atoms with van der Waals surface area (Å²) >= 11 is 6.86. The lowest BCUT2D eigenvalue weighted by molar-refractivity contribution is 0.0527. The predicted molar refractivity (Wildman–Crippen MR) is 127 cm³/mol. The number of hydrogen-bond acceptors (Lipinski definition) is 6. The van der Waals surface area contributed by atoms with Gasteiger partial charge in [-0.15, -0.1) is 11.3 Å². The lowest BCUT2D eigenvalue weighted by Crippen LogP contribution is -2.21. The van der Waals surface area contributed by atoms with Gasteiger partial charge in [0.1, 0.15) is 5.00 Å². The summed E-state index contributed by atoms with van der Waals surface area (Å²) in [5, 5.41) is 6.91. The molecule has 0 saturated carbocycles. The number of esters is 2. The lowest BCUT2D eigenvalue weighted by atomic mass is 10.1. The standard InChI is InChI=1S/C23H22N2O4S2/c1-3-29-22(27)18-14-16(13-15-9-5-4-6-10-15)31-20(18)25-23(30)24-19-12-8-7-11-17(19)21(26)28-2/h4-12,14H,3,13H2,1-2H3,(H2,24,25,30). The van der Waals surface area contributed by atoms with Crippen LogP contribution >= 0.6 is 23.6 Å². The molecule has 31 heavy (non-hydrogen) atoms. The largest absolute Gasteiger partial charge is 0.465 e. The Morgan fingerprint density at radius 2 is 1.68 bits per heavy atom. The Bertz CT molecular complexity index is 1080. The molecule has 160 valence electrons. The Balaban J connectivity index is 1.81. The maximum atomic E-state index is 12.5. The van der Waals surface area contributed by atoms with Gasteiger partial charge in [0.2, 0.25) is 0 Å². The van der Waals surface area contributed by atoms with E-state index in [2.05, 4.69) is 10.6 Å². The number of hydrogen-bond donors (Lipinski definition) is 2. The molecule has 1 heterocycles. The summed E-state index contributed by atoms with van der Waals surface area (Å²) in [5.41, 5.74) is 2.42. The SMILES string of the molecule is CCOC(=O)c1cc(Cc2ccccc2)sc1NC(=S)Nc1ccccc1C(=O)OC. The number of rotatable bonds is 7. The fourth-order valence-corrected chi connectivity index (χ4v) is 4.28. The smallest absolute Gasteiger partial charge is 0.341 e. The first kappa shape index (κ1) is 22.5. The van der Waals surface area contributed by atoms with Crippen LogP contribution in [0.1, 0.15) is 38.1 Å². The molecular weight excluding hydrogens is 432 g/mol. The Morgan fingerprint density at radius 3 is 2.39 bits per heavy atom. The molecule has 3 aromatic rings. The zero-order chi connectivity index (χ0) is 22.2. The Morgan fingerprint density at radius 1 is 0.968 bits per heavy atom. The van der Waals surface area contributed by atoms with Crippen LogP contribution in [0, 0.1) is 0 Å². The number of thiocarbonyl (C=S) groups is 1. The van der Waals surface area contributed by atoms with Gasteiger partial charge < -0.3 is 20.1 Å². The van der Waals surface area contributed by atoms with Crippen LogP contribution in [0.5, 0.6) is 0 Å². The van der Waals surface area contributed by atoms with Crippen molar-refractivity contribution in [2.24, 2.45) is 0 Å². The average Bonchev–Trinajstić information content (AvgIpc) is 3.16. The van der Waals surface area contributed by atoms with Crippen LogP contribution in [-0.2, 0) is 15.9 Å². The predicted octanol–water partition coefficient (Wildman–Crippen LogP) is 5.11. The van der Waals surface area contributed by atoms with Gasteiger partial charge in [-0.25, -0.2) is 9.59 Å². The van der Waals surface area contributed by atoms with E-state index in [9.17, 15) is 9.59 Å². The van der Waals surface area contributed by atoms with Crippen molar-refractivity contribution in [3.63, 3.8) is 0 Å². The van der Waals surface area contributed by atoms with Gasteiger partial charge in [-0.1, -0.05) is 42.5 Å². The van der Waals surface area contributed by atoms with Gasteiger partial charge in [0.25, 0.3) is 0 Å². The van der Waals surface area contributed by atoms with E-state index in [0.717, 1.165) is 10.4 Å². The highest BCUT2D eigenvalue weighted by Crippen LogP contribution is 2.31. The van der Waals surface area contributed by atoms with Gasteiger partial charge >= 0.3 is 11.9 Å². The van der Waals surface area contributed by atoms with E-state index in [1.54, 1.807) is 31.2 Å². The number of anilines is 2. The van der Waals surface area contributed by atoms with Crippen LogP contribution in [0.2, 0.25) is 0 Å². The summed E-state index contributed by atoms with van der Waals surface area (Å²) in [4.78, 5) is 25.4. The van der Waals surface area contributed by atoms with Crippen molar-refractivity contribution in [2.75, 3.05) is 24.4 Å². The molecule has 0 unspecified atom stereocenters. The van der Waals surface area contributed by atoms with Gasteiger partial charge in [-0.05, 0) is 42.9 Å². The molecule has 0 fully saturated rings. The van der Waals surface area contributed by atoms with Crippen LogP contribution in [0.25, 0.3) is 0 Å². The molecule has 0 saturated heterocycles. The summed E-state index contributed by atoms with van der Waals surface area (Å²) in [7, 11) is 1.32. The van der Waals surface area contributed by atoms with Crippen molar-refractivity contribution in [1.29, 1.82) is 0 Å². The normalized spacial score (nSPS) is 10.3. The number of carbonyl (C=O) groups is 2. The van der Waals surface area contributed by atoms with Crippen molar-refractivity contribution in [3.8, 4) is 0 Å². The van der Waals surface area contributed by atoms with Gasteiger partial charge in [-0.3, -0.25) is 0 Å². The minimum absolute atomic E-state index is 0.245. The van der Waals surface area contributed by atoms with Crippen LogP contribution < -0.4 is 10.6 Å². The number of benzene rings is 2. The average molecular weight is 455 g/mol. The summed E-state index contributed by atoms with van der Waals surface area (Å²) in [6.45, 7) is 2.04. The molecule has 2 aromatic carbocycles. The van der Waals surface area contributed by atoms with E-state index in [1.165, 1.54) is 18.4 Å². The lowest BCUT2D eigenvalue weighted by Gasteiger charge is -2.13. The number of nitrogens with one attached hydrogen (secondary N) is 2. The van der Waals surface area contributed by atoms with Crippen LogP contribution in [-0.4, -0.2) is 30.8 Å². The first-order chi connectivity index (χ1) is 15.0. The van der Waals surface area contributed by atoms with Crippen molar-refractivity contribution in [2.45, 2.75) is 13.3 Å². The van der Waals surface area contributed by atoms with Crippen LogP contribution in [0.3, 0.4) is 0 Å². The maximum absolute atomic E-state index is 12.5. The Kier molecular flexibility index (Phi) is 7.75. The minimum Gasteiger partial charge on any atom is -0.465 e. The van der Waals surface area contributed by atoms with E-state index >= 15 is 0 Å². The van der Waals surface area contributed by atoms with Crippen LogP contribution in [0.15, 0.2) is 60.7 Å². The van der Waals surface area contributed by atoms with Crippen LogP contribution in [0.4, 0.5) is 10.7 Å². The van der Waals surface area contributed by atoms with Gasteiger partial charge in [-0.2, -0.15) is 0 Å². The molecule has 0 amide bonds. The van der Waals surface area contributed by atoms with Gasteiger partial charge in [0, 0.05) is 11.3 Å². The second-order valence-corrected chi connectivity index (χ2v) is 8.00. The molecular formula is C23H22N2O4S2. The molecule has 3 rings (SSSR count). The molecule has 0 bridgehead atoms. The van der Waals surface area contributed by atoms with Crippen molar-refractivity contribution < 1.29 is 19.1 Å². The highest BCUT2D eigenvalue weighted by Gasteiger charge is 2.19. The highest BCUT2D eigenvalue weighted by atomic mass is 32.1. The first-order valence-electron chi connectivity index (χ1n) is 9.61. The second kappa shape index (κ2) is 10.7. The molecule has 1 aromatic heterocycles. The fourth-order valence-electron chi connectivity index (χ4n) is 2.92. The quantitative estimate of drug-likeness (QED) is 0.379. The molecule has 0 atom stereocenters. The first-order valence-corrected chi connectivity index (χ1v) is 10.8. The summed E-state index contributed by atoms with van der Waals surface area (Å²) < 4.78 is 10.0. The molecule has 0 aliphatic rings. The summed E-state index contributed by atoms with van der Waals surface area (Å²) in [6.07, 6.45) is 0.685. The monoisotopic (exact) mass is 454 g/mol. The highest BCUT2D eigenvalue weighted by molar-refractivity contribution is 7.80. The molecule has 0 spiro atoms. The van der Waals surface area contributed by atoms with E-state index in [1.807, 2.05) is 36.4 Å². The molecule has 2 N–H and O–H groups in total. The molecule has 0 aliphatic carbocycles. The van der Waals surface area contributed by atoms with E-state index in [4.69, 9.17) is 21.7 Å². The Hall–Kier alpha value is -3.23. The molecule has 6 nitrogen and oxygen atoms in total. The summed E-state index contributed by atoms with van der Waals surface area (Å²) in [6, 6.07) is 18.7. The number of methoxy groups -OCH3 is 1. The van der Waals surface area contributed by atoms with Crippen molar-refractivity contribution >= 4 is 51.3 Å². The third kappa shape index (κ3) is 5.90. The number of ether oxygens (including phenoxy) is 2. The summed E-state index contributed by atoms with van der Waals surface area (Å²) in [5.74, 6) is -0.891. The van der Waals surface area contributed by atoms with E-state index in [-0.39, 0.29) is 11.7 Å². The van der Waals surface area contributed by atoms with Crippen molar-refractivity contribution in [1.82, 2.24) is 0 Å². The number of thiophene rings is 1. The second-order valence-electron chi connectivity index (χ2n) is 6.45. The van der Waals surface area contributed by atoms with E-state index < -0.39 is 11.9 Å².